The van der Waals surface area contributed by atoms with Gasteiger partial charge in [-0.15, -0.1) is 12.4 Å². The third-order valence-corrected chi connectivity index (χ3v) is 3.44. The summed E-state index contributed by atoms with van der Waals surface area (Å²) in [5.74, 6) is 1.54. The van der Waals surface area contributed by atoms with Crippen LogP contribution in [0.25, 0.3) is 0 Å². The van der Waals surface area contributed by atoms with Gasteiger partial charge in [0, 0.05) is 11.6 Å². The molecule has 108 valence electrons. The summed E-state index contributed by atoms with van der Waals surface area (Å²) in [5, 5.41) is 9.94. The molecular formula is C15H24ClNO2. The predicted molar refractivity (Wildman–Crippen MR) is 80.0 cm³/mol. The lowest BCUT2D eigenvalue weighted by atomic mass is 9.77. The van der Waals surface area contributed by atoms with Gasteiger partial charge < -0.3 is 15.6 Å². The van der Waals surface area contributed by atoms with Crippen molar-refractivity contribution in [3.05, 3.63) is 23.8 Å². The molecule has 1 atom stereocenters. The zero-order valence-corrected chi connectivity index (χ0v) is 12.7. The van der Waals surface area contributed by atoms with Crippen LogP contribution in [0.15, 0.2) is 18.2 Å². The molecule has 3 nitrogen and oxygen atoms in total. The second-order valence-corrected chi connectivity index (χ2v) is 6.15. The highest BCUT2D eigenvalue weighted by molar-refractivity contribution is 5.85. The van der Waals surface area contributed by atoms with E-state index in [9.17, 15) is 5.11 Å². The fourth-order valence-corrected chi connectivity index (χ4v) is 2.27. The molecule has 1 aromatic carbocycles. The van der Waals surface area contributed by atoms with Crippen molar-refractivity contribution in [1.82, 2.24) is 0 Å². The fourth-order valence-electron chi connectivity index (χ4n) is 2.27. The molecule has 0 aliphatic heterocycles. The van der Waals surface area contributed by atoms with Gasteiger partial charge in [0.25, 0.3) is 0 Å². The van der Waals surface area contributed by atoms with Crippen LogP contribution in [0.5, 0.6) is 11.5 Å². The summed E-state index contributed by atoms with van der Waals surface area (Å²) in [6, 6.07) is 5.26. The van der Waals surface area contributed by atoms with E-state index in [0.717, 1.165) is 24.2 Å². The first-order chi connectivity index (χ1) is 8.37. The molecule has 1 fully saturated rings. The summed E-state index contributed by atoms with van der Waals surface area (Å²) in [6.07, 6.45) is 3.56. The normalized spacial score (nSPS) is 17.3. The highest BCUT2D eigenvalue weighted by atomic mass is 35.5. The van der Waals surface area contributed by atoms with Crippen molar-refractivity contribution >= 4 is 12.4 Å². The third-order valence-electron chi connectivity index (χ3n) is 3.44. The monoisotopic (exact) mass is 285 g/mol. The predicted octanol–water partition coefficient (Wildman–Crippen LogP) is 3.79. The average Bonchev–Trinajstić information content (AvgIpc) is 2.16. The van der Waals surface area contributed by atoms with E-state index < -0.39 is 0 Å². The molecule has 0 radical (unpaired) electrons. The zero-order valence-electron chi connectivity index (χ0n) is 11.8. The molecule has 0 amide bonds. The van der Waals surface area contributed by atoms with E-state index in [1.165, 1.54) is 6.42 Å². The van der Waals surface area contributed by atoms with Crippen molar-refractivity contribution in [3.63, 3.8) is 0 Å². The van der Waals surface area contributed by atoms with Gasteiger partial charge in [0.15, 0.2) is 0 Å². The molecule has 0 spiro atoms. The summed E-state index contributed by atoms with van der Waals surface area (Å²) in [6.45, 7) is 6.02. The van der Waals surface area contributed by atoms with Crippen molar-refractivity contribution in [2.45, 2.75) is 51.7 Å². The Hall–Kier alpha value is -0.930. The molecule has 1 aliphatic rings. The Morgan fingerprint density at radius 3 is 2.42 bits per heavy atom. The second-order valence-electron chi connectivity index (χ2n) is 6.15. The molecular weight excluding hydrogens is 262 g/mol. The first-order valence-corrected chi connectivity index (χ1v) is 6.64. The lowest BCUT2D eigenvalue weighted by Crippen LogP contribution is -2.27. The Morgan fingerprint density at radius 2 is 1.95 bits per heavy atom. The van der Waals surface area contributed by atoms with E-state index in [4.69, 9.17) is 10.5 Å². The van der Waals surface area contributed by atoms with E-state index in [-0.39, 0.29) is 29.8 Å². The van der Waals surface area contributed by atoms with Gasteiger partial charge in [-0.2, -0.15) is 0 Å². The van der Waals surface area contributed by atoms with Crippen molar-refractivity contribution in [1.29, 1.82) is 0 Å². The minimum Gasteiger partial charge on any atom is -0.508 e. The zero-order chi connectivity index (χ0) is 13.3. The molecule has 3 N–H and O–H groups in total. The number of benzene rings is 1. The second kappa shape index (κ2) is 6.02. The molecule has 0 heterocycles. The van der Waals surface area contributed by atoms with E-state index in [1.807, 2.05) is 26.8 Å². The molecule has 0 bridgehead atoms. The summed E-state index contributed by atoms with van der Waals surface area (Å²) < 4.78 is 5.81. The molecule has 19 heavy (non-hydrogen) atoms. The van der Waals surface area contributed by atoms with Crippen LogP contribution in [-0.2, 0) is 0 Å². The highest BCUT2D eigenvalue weighted by Gasteiger charge is 2.27. The van der Waals surface area contributed by atoms with Crippen LogP contribution in [0.3, 0.4) is 0 Å². The van der Waals surface area contributed by atoms with Gasteiger partial charge in [0.05, 0.1) is 0 Å². The third kappa shape index (κ3) is 4.02. The fraction of sp³-hybridized carbons (Fsp3) is 0.600. The smallest absolute Gasteiger partial charge is 0.120 e. The summed E-state index contributed by atoms with van der Waals surface area (Å²) in [5.41, 5.74) is 6.78. The highest BCUT2D eigenvalue weighted by Crippen LogP contribution is 2.40. The number of rotatable bonds is 3. The van der Waals surface area contributed by atoms with E-state index in [1.54, 1.807) is 12.1 Å². The molecule has 1 saturated carbocycles. The molecule has 0 aromatic heterocycles. The van der Waals surface area contributed by atoms with Crippen molar-refractivity contribution in [2.24, 2.45) is 11.7 Å². The van der Waals surface area contributed by atoms with Crippen LogP contribution < -0.4 is 10.5 Å². The van der Waals surface area contributed by atoms with Gasteiger partial charge in [-0.3, -0.25) is 0 Å². The first-order valence-electron chi connectivity index (χ1n) is 6.64. The summed E-state index contributed by atoms with van der Waals surface area (Å²) in [4.78, 5) is 0. The molecule has 4 heteroatoms. The Morgan fingerprint density at radius 1 is 1.32 bits per heavy atom. The first kappa shape index (κ1) is 16.1. The van der Waals surface area contributed by atoms with Crippen LogP contribution in [0, 0.1) is 5.92 Å². The van der Waals surface area contributed by atoms with Crippen LogP contribution in [0.2, 0.25) is 0 Å². The van der Waals surface area contributed by atoms with Gasteiger partial charge >= 0.3 is 0 Å². The van der Waals surface area contributed by atoms with Crippen LogP contribution in [0.1, 0.15) is 51.6 Å². The lowest BCUT2D eigenvalue weighted by Gasteiger charge is -2.32. The topological polar surface area (TPSA) is 55.5 Å². The van der Waals surface area contributed by atoms with Crippen molar-refractivity contribution in [2.75, 3.05) is 0 Å². The lowest BCUT2D eigenvalue weighted by molar-refractivity contribution is 0.130. The number of ether oxygens (including phenoxy) is 1. The van der Waals surface area contributed by atoms with Crippen LogP contribution in [0.4, 0.5) is 0 Å². The van der Waals surface area contributed by atoms with E-state index >= 15 is 0 Å². The van der Waals surface area contributed by atoms with Gasteiger partial charge in [-0.25, -0.2) is 0 Å². The molecule has 0 unspecified atom stereocenters. The van der Waals surface area contributed by atoms with E-state index in [0.29, 0.717) is 5.92 Å². The minimum atomic E-state index is -0.241. The number of phenolic OH excluding ortho intramolecular Hbond substituents is 1. The van der Waals surface area contributed by atoms with Crippen LogP contribution >= 0.6 is 12.4 Å². The Kier molecular flexibility index (Phi) is 5.11. The minimum absolute atomic E-state index is 0. The van der Waals surface area contributed by atoms with Crippen molar-refractivity contribution < 1.29 is 9.84 Å². The maximum absolute atomic E-state index is 9.94. The number of halogens is 1. The van der Waals surface area contributed by atoms with Gasteiger partial charge in [-0.05, 0) is 57.7 Å². The summed E-state index contributed by atoms with van der Waals surface area (Å²) >= 11 is 0. The molecule has 0 saturated heterocycles. The number of phenols is 1. The van der Waals surface area contributed by atoms with Gasteiger partial charge in [-0.1, -0.05) is 6.42 Å². The Labute approximate surface area is 121 Å². The summed E-state index contributed by atoms with van der Waals surface area (Å²) in [7, 11) is 0. The molecule has 2 rings (SSSR count). The number of nitrogens with two attached hydrogens (primary N) is 1. The Balaban J connectivity index is 0.00000180. The number of aromatic hydroxyl groups is 1. The standard InChI is InChI=1S/C15H23NO2.ClH/c1-15(2,3)18-11-7-8-13(17)12(9-11)14(16)10-5-4-6-10;/h7-10,14,17H,4-6,16H2,1-3H3;1H/t14-;/m0./s1. The quantitative estimate of drug-likeness (QED) is 0.888. The Bertz CT molecular complexity index is 425. The average molecular weight is 286 g/mol. The van der Waals surface area contributed by atoms with Crippen molar-refractivity contribution in [3.8, 4) is 11.5 Å². The maximum atomic E-state index is 9.94. The van der Waals surface area contributed by atoms with Crippen LogP contribution in [-0.4, -0.2) is 10.7 Å². The number of hydrogen-bond acceptors (Lipinski definition) is 3. The van der Waals surface area contributed by atoms with E-state index in [2.05, 4.69) is 0 Å². The number of hydrogen-bond donors (Lipinski definition) is 2. The maximum Gasteiger partial charge on any atom is 0.120 e. The SMILES string of the molecule is CC(C)(C)Oc1ccc(O)c([C@@H](N)C2CCC2)c1.Cl. The molecule has 1 aromatic rings. The molecule has 1 aliphatic carbocycles. The largest absolute Gasteiger partial charge is 0.508 e. The van der Waals surface area contributed by atoms with Gasteiger partial charge in [0.1, 0.15) is 17.1 Å². The van der Waals surface area contributed by atoms with Gasteiger partial charge in [0.2, 0.25) is 0 Å².